The molecule has 3 rings (SSSR count). The third-order valence-electron chi connectivity index (χ3n) is 3.13. The first kappa shape index (κ1) is 15.0. The van der Waals surface area contributed by atoms with Gasteiger partial charge in [-0.25, -0.2) is 8.42 Å². The number of H-pyrrole nitrogens is 1. The molecule has 0 fully saturated rings. The zero-order chi connectivity index (χ0) is 16.4. The van der Waals surface area contributed by atoms with Crippen LogP contribution in [0, 0.1) is 0 Å². The van der Waals surface area contributed by atoms with Crippen LogP contribution in [0.5, 0.6) is 0 Å². The van der Waals surface area contributed by atoms with Crippen LogP contribution in [0.3, 0.4) is 0 Å². The molecule has 0 aliphatic heterocycles. The van der Waals surface area contributed by atoms with Crippen molar-refractivity contribution in [3.05, 3.63) is 54.3 Å². The standard InChI is InChI=1S/C15H13N3O4S/c1-23(20,21)11-5-2-4-10(8-11)15(19)16-14-9-12(17-18-14)13-6-3-7-22-13/h2-9H,1H3,(H2,16,17,18,19). The molecule has 0 saturated carbocycles. The predicted molar refractivity (Wildman–Crippen MR) is 83.8 cm³/mol. The van der Waals surface area contributed by atoms with Gasteiger partial charge >= 0.3 is 0 Å². The molecule has 0 saturated heterocycles. The molecule has 1 aromatic carbocycles. The van der Waals surface area contributed by atoms with Gasteiger partial charge in [0.25, 0.3) is 5.91 Å². The second-order valence-electron chi connectivity index (χ2n) is 4.90. The zero-order valence-corrected chi connectivity index (χ0v) is 12.9. The van der Waals surface area contributed by atoms with E-state index in [1.165, 1.54) is 30.5 Å². The number of aromatic amines is 1. The minimum atomic E-state index is -3.37. The van der Waals surface area contributed by atoms with Crippen molar-refractivity contribution in [2.75, 3.05) is 11.6 Å². The molecule has 0 radical (unpaired) electrons. The number of carbonyl (C=O) groups is 1. The van der Waals surface area contributed by atoms with Crippen molar-refractivity contribution in [2.45, 2.75) is 4.90 Å². The van der Waals surface area contributed by atoms with Gasteiger partial charge in [-0.05, 0) is 30.3 Å². The number of rotatable bonds is 4. The molecule has 0 spiro atoms. The van der Waals surface area contributed by atoms with E-state index in [0.29, 0.717) is 17.3 Å². The Kier molecular flexibility index (Phi) is 3.75. The Morgan fingerprint density at radius 2 is 2.04 bits per heavy atom. The fraction of sp³-hybridized carbons (Fsp3) is 0.0667. The molecule has 2 heterocycles. The molecule has 2 N–H and O–H groups in total. The second kappa shape index (κ2) is 5.73. The third kappa shape index (κ3) is 3.32. The van der Waals surface area contributed by atoms with Gasteiger partial charge < -0.3 is 9.73 Å². The van der Waals surface area contributed by atoms with Gasteiger partial charge in [0, 0.05) is 17.9 Å². The van der Waals surface area contributed by atoms with Crippen LogP contribution in [-0.4, -0.2) is 30.8 Å². The maximum absolute atomic E-state index is 12.2. The van der Waals surface area contributed by atoms with Crippen LogP contribution in [0.2, 0.25) is 0 Å². The molecule has 0 atom stereocenters. The van der Waals surface area contributed by atoms with Crippen LogP contribution < -0.4 is 5.32 Å². The SMILES string of the molecule is CS(=O)(=O)c1cccc(C(=O)Nc2cc(-c3ccco3)[nH]n2)c1. The number of carbonyl (C=O) groups excluding carboxylic acids is 1. The number of benzene rings is 1. The van der Waals surface area contributed by atoms with E-state index in [1.807, 2.05) is 0 Å². The Bertz CT molecular complexity index is 943. The van der Waals surface area contributed by atoms with Gasteiger partial charge in [0.15, 0.2) is 21.4 Å². The van der Waals surface area contributed by atoms with Crippen LogP contribution in [0.25, 0.3) is 11.5 Å². The quantitative estimate of drug-likeness (QED) is 0.763. The molecule has 2 aromatic heterocycles. The van der Waals surface area contributed by atoms with E-state index in [2.05, 4.69) is 15.5 Å². The minimum Gasteiger partial charge on any atom is -0.463 e. The van der Waals surface area contributed by atoms with Crippen LogP contribution in [0.4, 0.5) is 5.82 Å². The highest BCUT2D eigenvalue weighted by atomic mass is 32.2. The number of nitrogens with one attached hydrogen (secondary N) is 2. The highest BCUT2D eigenvalue weighted by Crippen LogP contribution is 2.20. The number of nitrogens with zero attached hydrogens (tertiary/aromatic N) is 1. The van der Waals surface area contributed by atoms with Crippen molar-refractivity contribution >= 4 is 21.6 Å². The molecular weight excluding hydrogens is 318 g/mol. The van der Waals surface area contributed by atoms with Crippen molar-refractivity contribution in [3.63, 3.8) is 0 Å². The van der Waals surface area contributed by atoms with Gasteiger partial charge in [0.2, 0.25) is 0 Å². The summed E-state index contributed by atoms with van der Waals surface area (Å²) in [6, 6.07) is 10.9. The maximum Gasteiger partial charge on any atom is 0.256 e. The van der Waals surface area contributed by atoms with Crippen LogP contribution in [0.15, 0.2) is 58.0 Å². The average Bonchev–Trinajstić information content (AvgIpc) is 3.17. The second-order valence-corrected chi connectivity index (χ2v) is 6.91. The summed E-state index contributed by atoms with van der Waals surface area (Å²) in [6.07, 6.45) is 2.62. The molecule has 23 heavy (non-hydrogen) atoms. The number of hydrogen-bond donors (Lipinski definition) is 2. The molecule has 0 bridgehead atoms. The maximum atomic E-state index is 12.2. The lowest BCUT2D eigenvalue weighted by molar-refractivity contribution is 0.102. The zero-order valence-electron chi connectivity index (χ0n) is 12.1. The van der Waals surface area contributed by atoms with E-state index < -0.39 is 15.7 Å². The first-order valence-electron chi connectivity index (χ1n) is 6.64. The molecule has 0 aliphatic rings. The Balaban J connectivity index is 1.80. The first-order valence-corrected chi connectivity index (χ1v) is 8.53. The highest BCUT2D eigenvalue weighted by Gasteiger charge is 2.13. The Morgan fingerprint density at radius 1 is 1.22 bits per heavy atom. The lowest BCUT2D eigenvalue weighted by atomic mass is 10.2. The summed E-state index contributed by atoms with van der Waals surface area (Å²) in [5.74, 6) is 0.455. The molecule has 1 amide bonds. The van der Waals surface area contributed by atoms with Gasteiger partial charge in [-0.3, -0.25) is 9.89 Å². The Hall–Kier alpha value is -2.87. The number of sulfone groups is 1. The van der Waals surface area contributed by atoms with Gasteiger partial charge in [-0.2, -0.15) is 5.10 Å². The largest absolute Gasteiger partial charge is 0.463 e. The summed E-state index contributed by atoms with van der Waals surface area (Å²) in [6.45, 7) is 0. The third-order valence-corrected chi connectivity index (χ3v) is 4.24. The van der Waals surface area contributed by atoms with Gasteiger partial charge in [-0.15, -0.1) is 0 Å². The first-order chi connectivity index (χ1) is 10.9. The Labute approximate surface area is 132 Å². The topological polar surface area (TPSA) is 105 Å². The fourth-order valence-electron chi connectivity index (χ4n) is 2.00. The van der Waals surface area contributed by atoms with Crippen molar-refractivity contribution < 1.29 is 17.6 Å². The van der Waals surface area contributed by atoms with E-state index in [-0.39, 0.29) is 10.5 Å². The lowest BCUT2D eigenvalue weighted by Crippen LogP contribution is -2.13. The van der Waals surface area contributed by atoms with Gasteiger partial charge in [0.1, 0.15) is 5.69 Å². The van der Waals surface area contributed by atoms with Crippen LogP contribution >= 0.6 is 0 Å². The van der Waals surface area contributed by atoms with Gasteiger partial charge in [-0.1, -0.05) is 6.07 Å². The summed E-state index contributed by atoms with van der Waals surface area (Å²) >= 11 is 0. The van der Waals surface area contributed by atoms with Crippen molar-refractivity contribution in [1.29, 1.82) is 0 Å². The number of anilines is 1. The molecular formula is C15H13N3O4S. The molecule has 0 unspecified atom stereocenters. The lowest BCUT2D eigenvalue weighted by Gasteiger charge is -2.04. The summed E-state index contributed by atoms with van der Waals surface area (Å²) in [5.41, 5.74) is 0.852. The highest BCUT2D eigenvalue weighted by molar-refractivity contribution is 7.90. The Morgan fingerprint density at radius 3 is 2.74 bits per heavy atom. The average molecular weight is 331 g/mol. The number of aromatic nitrogens is 2. The summed E-state index contributed by atoms with van der Waals surface area (Å²) < 4.78 is 28.3. The molecule has 7 nitrogen and oxygen atoms in total. The smallest absolute Gasteiger partial charge is 0.256 e. The van der Waals surface area contributed by atoms with E-state index in [1.54, 1.807) is 18.2 Å². The fourth-order valence-corrected chi connectivity index (χ4v) is 2.67. The molecule has 3 aromatic rings. The summed E-state index contributed by atoms with van der Waals surface area (Å²) in [5, 5.41) is 9.32. The number of furan rings is 1. The van der Waals surface area contributed by atoms with Crippen LogP contribution in [-0.2, 0) is 9.84 Å². The van der Waals surface area contributed by atoms with Crippen LogP contribution in [0.1, 0.15) is 10.4 Å². The van der Waals surface area contributed by atoms with Crippen molar-refractivity contribution in [3.8, 4) is 11.5 Å². The summed E-state index contributed by atoms with van der Waals surface area (Å²) in [4.78, 5) is 12.3. The van der Waals surface area contributed by atoms with Crippen molar-refractivity contribution in [2.24, 2.45) is 0 Å². The minimum absolute atomic E-state index is 0.0865. The molecule has 0 aliphatic carbocycles. The normalized spacial score (nSPS) is 11.3. The van der Waals surface area contributed by atoms with E-state index in [0.717, 1.165) is 6.26 Å². The summed E-state index contributed by atoms with van der Waals surface area (Å²) in [7, 11) is -3.37. The van der Waals surface area contributed by atoms with E-state index in [4.69, 9.17) is 4.42 Å². The van der Waals surface area contributed by atoms with Gasteiger partial charge in [0.05, 0.1) is 11.2 Å². The van der Waals surface area contributed by atoms with E-state index in [9.17, 15) is 13.2 Å². The molecule has 8 heteroatoms. The molecule has 118 valence electrons. The van der Waals surface area contributed by atoms with Crippen molar-refractivity contribution in [1.82, 2.24) is 10.2 Å². The number of hydrogen-bond acceptors (Lipinski definition) is 5. The monoisotopic (exact) mass is 331 g/mol. The predicted octanol–water partition coefficient (Wildman–Crippen LogP) is 2.33. The van der Waals surface area contributed by atoms with E-state index >= 15 is 0 Å². The number of amides is 1.